The summed E-state index contributed by atoms with van der Waals surface area (Å²) in [5.74, 6) is 0.821. The Morgan fingerprint density at radius 1 is 1.45 bits per heavy atom. The minimum atomic E-state index is -3.03. The Labute approximate surface area is 128 Å². The van der Waals surface area contributed by atoms with E-state index in [0.29, 0.717) is 12.3 Å². The Hall–Kier alpha value is -0.330. The molecule has 0 bridgehead atoms. The number of amides is 1. The van der Waals surface area contributed by atoms with E-state index in [0.717, 1.165) is 25.9 Å². The molecule has 1 heterocycles. The molecule has 0 aromatic heterocycles. The van der Waals surface area contributed by atoms with Gasteiger partial charge in [-0.2, -0.15) is 0 Å². The van der Waals surface area contributed by atoms with Crippen LogP contribution in [0.5, 0.6) is 0 Å². The fourth-order valence-corrected chi connectivity index (χ4v) is 3.50. The zero-order valence-electron chi connectivity index (χ0n) is 12.6. The van der Waals surface area contributed by atoms with Crippen molar-refractivity contribution < 1.29 is 13.2 Å². The second-order valence-corrected chi connectivity index (χ2v) is 7.85. The van der Waals surface area contributed by atoms with Gasteiger partial charge in [-0.25, -0.2) is 8.42 Å². The molecule has 20 heavy (non-hydrogen) atoms. The van der Waals surface area contributed by atoms with E-state index in [1.165, 1.54) is 0 Å². The van der Waals surface area contributed by atoms with Crippen molar-refractivity contribution in [2.24, 2.45) is 5.92 Å². The lowest BCUT2D eigenvalue weighted by atomic mass is 10.0. The summed E-state index contributed by atoms with van der Waals surface area (Å²) < 4.78 is 23.1. The van der Waals surface area contributed by atoms with Crippen molar-refractivity contribution >= 4 is 28.2 Å². The third-order valence-electron chi connectivity index (χ3n) is 3.92. The highest BCUT2D eigenvalue weighted by Gasteiger charge is 2.22. The third-order valence-corrected chi connectivity index (χ3v) is 5.79. The van der Waals surface area contributed by atoms with E-state index in [4.69, 9.17) is 0 Å². The predicted octanol–water partition coefficient (Wildman–Crippen LogP) is 1.08. The fourth-order valence-electron chi connectivity index (χ4n) is 2.31. The molecule has 1 aliphatic rings. The van der Waals surface area contributed by atoms with E-state index in [-0.39, 0.29) is 35.9 Å². The topological polar surface area (TPSA) is 66.5 Å². The molecule has 120 valence electrons. The first-order valence-corrected chi connectivity index (χ1v) is 8.84. The number of rotatable bonds is 7. The second kappa shape index (κ2) is 8.85. The molecule has 2 atom stereocenters. The largest absolute Gasteiger partial charge is 0.342 e. The van der Waals surface area contributed by atoms with Crippen LogP contribution < -0.4 is 5.32 Å². The monoisotopic (exact) mass is 326 g/mol. The van der Waals surface area contributed by atoms with Crippen LogP contribution in [0.4, 0.5) is 0 Å². The fraction of sp³-hybridized carbons (Fsp3) is 0.923. The van der Waals surface area contributed by atoms with Gasteiger partial charge in [-0.3, -0.25) is 4.79 Å². The third kappa shape index (κ3) is 6.41. The van der Waals surface area contributed by atoms with Crippen LogP contribution >= 0.6 is 12.4 Å². The first kappa shape index (κ1) is 19.7. The van der Waals surface area contributed by atoms with E-state index in [2.05, 4.69) is 5.32 Å². The van der Waals surface area contributed by atoms with Gasteiger partial charge in [0, 0.05) is 25.3 Å². The molecular formula is C13H27ClN2O3S. The molecule has 0 aliphatic carbocycles. The Morgan fingerprint density at radius 2 is 2.10 bits per heavy atom. The van der Waals surface area contributed by atoms with E-state index in [1.54, 1.807) is 25.8 Å². The molecular weight excluding hydrogens is 300 g/mol. The quantitative estimate of drug-likeness (QED) is 0.760. The maximum atomic E-state index is 12.0. The molecule has 1 aliphatic heterocycles. The number of hydrogen-bond acceptors (Lipinski definition) is 4. The SMILES string of the molecule is CCS(=O)(=O)CC(C)N(C)C(=O)CCC1CCNC1.Cl. The molecule has 0 spiro atoms. The van der Waals surface area contributed by atoms with Crippen LogP contribution in [-0.4, -0.2) is 56.9 Å². The number of nitrogens with one attached hydrogen (secondary N) is 1. The highest BCUT2D eigenvalue weighted by molar-refractivity contribution is 7.91. The summed E-state index contributed by atoms with van der Waals surface area (Å²) in [4.78, 5) is 13.6. The smallest absolute Gasteiger partial charge is 0.222 e. The van der Waals surface area contributed by atoms with Gasteiger partial charge < -0.3 is 10.2 Å². The number of halogens is 1. The molecule has 1 N–H and O–H groups in total. The van der Waals surface area contributed by atoms with Crippen LogP contribution in [0.15, 0.2) is 0 Å². The lowest BCUT2D eigenvalue weighted by molar-refractivity contribution is -0.131. The van der Waals surface area contributed by atoms with Gasteiger partial charge in [0.2, 0.25) is 5.91 Å². The maximum Gasteiger partial charge on any atom is 0.222 e. The average Bonchev–Trinajstić information content (AvgIpc) is 2.87. The van der Waals surface area contributed by atoms with Crippen LogP contribution in [0, 0.1) is 5.92 Å². The molecule has 1 fully saturated rings. The number of carbonyl (C=O) groups excluding carboxylic acids is 1. The summed E-state index contributed by atoms with van der Waals surface area (Å²) in [5, 5.41) is 3.28. The summed E-state index contributed by atoms with van der Waals surface area (Å²) >= 11 is 0. The molecule has 5 nitrogen and oxygen atoms in total. The zero-order valence-corrected chi connectivity index (χ0v) is 14.2. The zero-order chi connectivity index (χ0) is 14.5. The van der Waals surface area contributed by atoms with Gasteiger partial charge in [0.05, 0.1) is 5.75 Å². The summed E-state index contributed by atoms with van der Waals surface area (Å²) in [6.45, 7) is 5.47. The van der Waals surface area contributed by atoms with Gasteiger partial charge in [-0.05, 0) is 38.8 Å². The van der Waals surface area contributed by atoms with E-state index < -0.39 is 9.84 Å². The van der Waals surface area contributed by atoms with Crippen molar-refractivity contribution in [1.82, 2.24) is 10.2 Å². The molecule has 2 unspecified atom stereocenters. The van der Waals surface area contributed by atoms with Gasteiger partial charge in [0.25, 0.3) is 0 Å². The van der Waals surface area contributed by atoms with Crippen molar-refractivity contribution in [1.29, 1.82) is 0 Å². The summed E-state index contributed by atoms with van der Waals surface area (Å²) in [6, 6.07) is -0.251. The van der Waals surface area contributed by atoms with E-state index in [1.807, 2.05) is 0 Å². The number of carbonyl (C=O) groups is 1. The van der Waals surface area contributed by atoms with Crippen molar-refractivity contribution in [2.75, 3.05) is 31.6 Å². The highest BCUT2D eigenvalue weighted by atomic mass is 35.5. The summed E-state index contributed by atoms with van der Waals surface area (Å²) in [5.41, 5.74) is 0. The van der Waals surface area contributed by atoms with Crippen molar-refractivity contribution in [3.8, 4) is 0 Å². The molecule has 0 radical (unpaired) electrons. The first-order valence-electron chi connectivity index (χ1n) is 7.02. The lowest BCUT2D eigenvalue weighted by Crippen LogP contribution is -2.39. The van der Waals surface area contributed by atoms with Crippen molar-refractivity contribution in [3.05, 3.63) is 0 Å². The maximum absolute atomic E-state index is 12.0. The highest BCUT2D eigenvalue weighted by Crippen LogP contribution is 2.15. The Kier molecular flexibility index (Phi) is 8.70. The number of nitrogens with zero attached hydrogens (tertiary/aromatic N) is 1. The molecule has 0 aromatic rings. The van der Waals surface area contributed by atoms with E-state index in [9.17, 15) is 13.2 Å². The summed E-state index contributed by atoms with van der Waals surface area (Å²) in [7, 11) is -1.33. The average molecular weight is 327 g/mol. The Bertz CT molecular complexity index is 394. The van der Waals surface area contributed by atoms with Crippen LogP contribution in [0.3, 0.4) is 0 Å². The minimum absolute atomic E-state index is 0. The molecule has 1 saturated heterocycles. The lowest BCUT2D eigenvalue weighted by Gasteiger charge is -2.25. The van der Waals surface area contributed by atoms with Crippen LogP contribution in [0.2, 0.25) is 0 Å². The minimum Gasteiger partial charge on any atom is -0.342 e. The van der Waals surface area contributed by atoms with Crippen molar-refractivity contribution in [2.45, 2.75) is 39.2 Å². The van der Waals surface area contributed by atoms with Crippen LogP contribution in [0.25, 0.3) is 0 Å². The Morgan fingerprint density at radius 3 is 2.60 bits per heavy atom. The van der Waals surface area contributed by atoms with Crippen molar-refractivity contribution in [3.63, 3.8) is 0 Å². The standard InChI is InChI=1S/C13H26N2O3S.ClH/c1-4-19(17,18)10-11(2)15(3)13(16)6-5-12-7-8-14-9-12;/h11-12,14H,4-10H2,1-3H3;1H. The summed E-state index contributed by atoms with van der Waals surface area (Å²) in [6.07, 6.45) is 2.54. The van der Waals surface area contributed by atoms with Gasteiger partial charge >= 0.3 is 0 Å². The van der Waals surface area contributed by atoms with Crippen LogP contribution in [0.1, 0.15) is 33.1 Å². The van der Waals surface area contributed by atoms with Gasteiger partial charge in [-0.1, -0.05) is 6.92 Å². The predicted molar refractivity (Wildman–Crippen MR) is 84.0 cm³/mol. The van der Waals surface area contributed by atoms with E-state index >= 15 is 0 Å². The van der Waals surface area contributed by atoms with Gasteiger partial charge in [0.15, 0.2) is 9.84 Å². The second-order valence-electron chi connectivity index (χ2n) is 5.45. The van der Waals surface area contributed by atoms with Crippen LogP contribution in [-0.2, 0) is 14.6 Å². The molecule has 0 aromatic carbocycles. The molecule has 1 rings (SSSR count). The number of sulfone groups is 1. The number of hydrogen-bond donors (Lipinski definition) is 1. The first-order chi connectivity index (χ1) is 8.85. The molecule has 7 heteroatoms. The van der Waals surface area contributed by atoms with Gasteiger partial charge in [0.1, 0.15) is 0 Å². The normalized spacial score (nSPS) is 20.2. The molecule has 0 saturated carbocycles. The van der Waals surface area contributed by atoms with Gasteiger partial charge in [-0.15, -0.1) is 12.4 Å². The Balaban J connectivity index is 0.00000361. The molecule has 1 amide bonds.